The second-order valence-corrected chi connectivity index (χ2v) is 3.41. The molecule has 0 radical (unpaired) electrons. The third-order valence-electron chi connectivity index (χ3n) is 1.21. The Kier molecular flexibility index (Phi) is 3.22. The van der Waals surface area contributed by atoms with E-state index in [1.54, 1.807) is 6.20 Å². The van der Waals surface area contributed by atoms with Crippen LogP contribution in [0.15, 0.2) is 24.5 Å². The molecule has 0 saturated carbocycles. The molecule has 0 fully saturated rings. The molecule has 0 bridgehead atoms. The number of thiol groups is 1. The van der Waals surface area contributed by atoms with E-state index >= 15 is 0 Å². The Morgan fingerprint density at radius 2 is 2.50 bits per heavy atom. The van der Waals surface area contributed by atoms with E-state index in [9.17, 15) is 0 Å². The zero-order valence-electron chi connectivity index (χ0n) is 5.37. The van der Waals surface area contributed by atoms with E-state index in [0.717, 1.165) is 5.75 Å². The van der Waals surface area contributed by atoms with Gasteiger partial charge in [0.1, 0.15) is 0 Å². The molecule has 1 aromatic rings. The average molecular weight is 218 g/mol. The number of pyridine rings is 1. The number of hydrogen-bond donors (Lipinski definition) is 1. The summed E-state index contributed by atoms with van der Waals surface area (Å²) in [7, 11) is 0. The van der Waals surface area contributed by atoms with Gasteiger partial charge in [0, 0.05) is 23.0 Å². The van der Waals surface area contributed by atoms with Gasteiger partial charge < -0.3 is 0 Å². The summed E-state index contributed by atoms with van der Waals surface area (Å²) < 4.78 is 0. The van der Waals surface area contributed by atoms with Crippen LogP contribution in [0, 0.1) is 0 Å². The Balaban J connectivity index is 2.75. The van der Waals surface area contributed by atoms with Crippen molar-refractivity contribution in [3.05, 3.63) is 30.1 Å². The molecule has 1 aromatic heterocycles. The fourth-order valence-corrected chi connectivity index (χ4v) is 1.15. The van der Waals surface area contributed by atoms with Gasteiger partial charge >= 0.3 is 0 Å². The van der Waals surface area contributed by atoms with Crippen molar-refractivity contribution in [2.45, 2.75) is 4.83 Å². The number of nitrogens with zero attached hydrogens (tertiary/aromatic N) is 1. The molecule has 0 N–H and O–H groups in total. The Labute approximate surface area is 74.4 Å². The summed E-state index contributed by atoms with van der Waals surface area (Å²) in [6.07, 6.45) is 3.61. The minimum absolute atomic E-state index is 0.324. The molecular weight excluding hydrogens is 210 g/mol. The second-order valence-electron chi connectivity index (χ2n) is 1.94. The first kappa shape index (κ1) is 8.08. The topological polar surface area (TPSA) is 12.9 Å². The fourth-order valence-electron chi connectivity index (χ4n) is 0.667. The number of rotatable bonds is 2. The summed E-state index contributed by atoms with van der Waals surface area (Å²) in [6, 6.07) is 3.95. The molecule has 0 saturated heterocycles. The van der Waals surface area contributed by atoms with Gasteiger partial charge in [0.15, 0.2) is 0 Å². The molecule has 1 heterocycles. The minimum atomic E-state index is 0.324. The molecule has 0 amide bonds. The highest BCUT2D eigenvalue weighted by atomic mass is 79.9. The van der Waals surface area contributed by atoms with Gasteiger partial charge in [-0.1, -0.05) is 22.0 Å². The normalized spacial score (nSPS) is 13.0. The van der Waals surface area contributed by atoms with Gasteiger partial charge in [0.05, 0.1) is 0 Å². The molecule has 0 aliphatic heterocycles. The lowest BCUT2D eigenvalue weighted by molar-refractivity contribution is 1.11. The van der Waals surface area contributed by atoms with Gasteiger partial charge in [-0.3, -0.25) is 4.98 Å². The zero-order chi connectivity index (χ0) is 7.40. The third-order valence-corrected chi connectivity index (χ3v) is 2.92. The smallest absolute Gasteiger partial charge is 0.0498 e. The maximum atomic E-state index is 4.15. The Morgan fingerprint density at radius 3 is 3.00 bits per heavy atom. The lowest BCUT2D eigenvalue weighted by Crippen LogP contribution is -1.90. The van der Waals surface area contributed by atoms with Crippen molar-refractivity contribution in [2.24, 2.45) is 0 Å². The van der Waals surface area contributed by atoms with Gasteiger partial charge in [-0.2, -0.15) is 12.6 Å². The molecule has 0 aliphatic rings. The zero-order valence-corrected chi connectivity index (χ0v) is 7.85. The largest absolute Gasteiger partial charge is 0.264 e. The molecule has 1 atom stereocenters. The van der Waals surface area contributed by atoms with Crippen LogP contribution in [0.4, 0.5) is 0 Å². The van der Waals surface area contributed by atoms with Crippen molar-refractivity contribution in [1.29, 1.82) is 0 Å². The number of halogens is 1. The molecule has 1 rings (SSSR count). The molecule has 3 heteroatoms. The lowest BCUT2D eigenvalue weighted by atomic mass is 10.2. The summed E-state index contributed by atoms with van der Waals surface area (Å²) in [4.78, 5) is 4.31. The van der Waals surface area contributed by atoms with Crippen LogP contribution in [-0.4, -0.2) is 10.7 Å². The third kappa shape index (κ3) is 1.99. The van der Waals surface area contributed by atoms with Crippen molar-refractivity contribution >= 4 is 28.6 Å². The molecule has 0 aromatic carbocycles. The summed E-state index contributed by atoms with van der Waals surface area (Å²) in [5.41, 5.74) is 1.18. The highest BCUT2D eigenvalue weighted by Gasteiger charge is 2.02. The highest BCUT2D eigenvalue weighted by Crippen LogP contribution is 2.21. The van der Waals surface area contributed by atoms with Gasteiger partial charge in [0.25, 0.3) is 0 Å². The maximum Gasteiger partial charge on any atom is 0.0498 e. The quantitative estimate of drug-likeness (QED) is 0.594. The SMILES string of the molecule is SCC(Br)c1cccnc1. The van der Waals surface area contributed by atoms with E-state index in [4.69, 9.17) is 0 Å². The minimum Gasteiger partial charge on any atom is -0.264 e. The number of alkyl halides is 1. The standard InChI is InChI=1S/C7H8BrNS/c8-7(5-10)6-2-1-3-9-4-6/h1-4,7,10H,5H2. The summed E-state index contributed by atoms with van der Waals surface area (Å²) in [5, 5.41) is 0. The summed E-state index contributed by atoms with van der Waals surface area (Å²) in [6.45, 7) is 0. The Morgan fingerprint density at radius 1 is 1.70 bits per heavy atom. The molecule has 10 heavy (non-hydrogen) atoms. The fraction of sp³-hybridized carbons (Fsp3) is 0.286. The van der Waals surface area contributed by atoms with Crippen LogP contribution >= 0.6 is 28.6 Å². The number of aromatic nitrogens is 1. The van der Waals surface area contributed by atoms with Crippen LogP contribution in [0.25, 0.3) is 0 Å². The van der Waals surface area contributed by atoms with Crippen LogP contribution in [0.2, 0.25) is 0 Å². The van der Waals surface area contributed by atoms with Crippen molar-refractivity contribution < 1.29 is 0 Å². The predicted molar refractivity (Wildman–Crippen MR) is 49.8 cm³/mol. The van der Waals surface area contributed by atoms with Gasteiger partial charge in [-0.15, -0.1) is 0 Å². The van der Waals surface area contributed by atoms with E-state index in [0.29, 0.717) is 4.83 Å². The molecule has 0 aliphatic carbocycles. The van der Waals surface area contributed by atoms with Crippen LogP contribution in [-0.2, 0) is 0 Å². The molecular formula is C7H8BrNS. The van der Waals surface area contributed by atoms with Crippen molar-refractivity contribution in [3.8, 4) is 0 Å². The molecule has 54 valence electrons. The van der Waals surface area contributed by atoms with Crippen LogP contribution in [0.3, 0.4) is 0 Å². The maximum absolute atomic E-state index is 4.15. The van der Waals surface area contributed by atoms with E-state index in [2.05, 4.69) is 33.5 Å². The van der Waals surface area contributed by atoms with Crippen molar-refractivity contribution in [2.75, 3.05) is 5.75 Å². The van der Waals surface area contributed by atoms with Gasteiger partial charge in [-0.25, -0.2) is 0 Å². The van der Waals surface area contributed by atoms with E-state index in [-0.39, 0.29) is 0 Å². The monoisotopic (exact) mass is 217 g/mol. The Hall–Kier alpha value is -0.0200. The molecule has 0 spiro atoms. The Bertz CT molecular complexity index is 190. The number of hydrogen-bond acceptors (Lipinski definition) is 2. The van der Waals surface area contributed by atoms with Crippen LogP contribution < -0.4 is 0 Å². The lowest BCUT2D eigenvalue weighted by Gasteiger charge is -2.03. The van der Waals surface area contributed by atoms with E-state index in [1.807, 2.05) is 18.3 Å². The average Bonchev–Trinajstić information content (AvgIpc) is 2.05. The van der Waals surface area contributed by atoms with Crippen molar-refractivity contribution in [1.82, 2.24) is 4.98 Å². The van der Waals surface area contributed by atoms with Crippen LogP contribution in [0.5, 0.6) is 0 Å². The first-order valence-corrected chi connectivity index (χ1v) is 4.54. The van der Waals surface area contributed by atoms with E-state index < -0.39 is 0 Å². The predicted octanol–water partition coefficient (Wildman–Crippen LogP) is 2.45. The molecule has 1 unspecified atom stereocenters. The molecule has 1 nitrogen and oxygen atoms in total. The van der Waals surface area contributed by atoms with Gasteiger partial charge in [-0.05, 0) is 11.6 Å². The first-order chi connectivity index (χ1) is 4.84. The summed E-state index contributed by atoms with van der Waals surface area (Å²) >= 11 is 7.62. The second kappa shape index (κ2) is 3.98. The van der Waals surface area contributed by atoms with Gasteiger partial charge in [0.2, 0.25) is 0 Å². The summed E-state index contributed by atoms with van der Waals surface area (Å²) in [5.74, 6) is 0.797. The first-order valence-electron chi connectivity index (χ1n) is 2.99. The van der Waals surface area contributed by atoms with Crippen molar-refractivity contribution in [3.63, 3.8) is 0 Å². The van der Waals surface area contributed by atoms with Crippen LogP contribution in [0.1, 0.15) is 10.4 Å². The highest BCUT2D eigenvalue weighted by molar-refractivity contribution is 9.09. The van der Waals surface area contributed by atoms with E-state index in [1.165, 1.54) is 5.56 Å².